The van der Waals surface area contributed by atoms with Gasteiger partial charge >= 0.3 is 0 Å². The van der Waals surface area contributed by atoms with Crippen molar-refractivity contribution in [2.24, 2.45) is 17.8 Å². The van der Waals surface area contributed by atoms with Crippen LogP contribution in [0, 0.1) is 17.8 Å². The second kappa shape index (κ2) is 11.4. The molecule has 3 atom stereocenters. The molecule has 1 heteroatoms. The van der Waals surface area contributed by atoms with Crippen LogP contribution in [-0.4, -0.2) is 13.1 Å². The van der Waals surface area contributed by atoms with Crippen LogP contribution < -0.4 is 5.32 Å². The van der Waals surface area contributed by atoms with Crippen LogP contribution in [0.5, 0.6) is 0 Å². The molecule has 1 nitrogen and oxygen atoms in total. The first-order valence-corrected chi connectivity index (χ1v) is 9.11. The zero-order chi connectivity index (χ0) is 14.6. The minimum atomic E-state index is 0.835. The zero-order valence-electron chi connectivity index (χ0n) is 14.2. The molecule has 0 heterocycles. The predicted molar refractivity (Wildman–Crippen MR) is 91.1 cm³/mol. The summed E-state index contributed by atoms with van der Waals surface area (Å²) >= 11 is 0. The lowest BCUT2D eigenvalue weighted by atomic mass is 9.83. The van der Waals surface area contributed by atoms with Crippen molar-refractivity contribution < 1.29 is 0 Å². The fourth-order valence-corrected chi connectivity index (χ4v) is 3.26. The molecule has 0 spiro atoms. The molecule has 3 unspecified atom stereocenters. The van der Waals surface area contributed by atoms with Crippen LogP contribution in [0.3, 0.4) is 0 Å². The van der Waals surface area contributed by atoms with Crippen LogP contribution in [0.2, 0.25) is 0 Å². The normalized spacial score (nSPS) is 26.4. The topological polar surface area (TPSA) is 12.0 Å². The van der Waals surface area contributed by atoms with Crippen LogP contribution in [0.15, 0.2) is 12.2 Å². The van der Waals surface area contributed by atoms with Crippen LogP contribution in [0.25, 0.3) is 0 Å². The molecule has 0 bridgehead atoms. The van der Waals surface area contributed by atoms with Gasteiger partial charge in [0.25, 0.3) is 0 Å². The molecule has 1 rings (SSSR count). The summed E-state index contributed by atoms with van der Waals surface area (Å²) in [6.45, 7) is 9.26. The smallest absolute Gasteiger partial charge is 0.0135 e. The Morgan fingerprint density at radius 2 is 1.80 bits per heavy atom. The average Bonchev–Trinajstić information content (AvgIpc) is 2.44. The highest BCUT2D eigenvalue weighted by molar-refractivity contribution is 4.85. The van der Waals surface area contributed by atoms with E-state index in [1.54, 1.807) is 0 Å². The van der Waals surface area contributed by atoms with Gasteiger partial charge in [-0.15, -0.1) is 0 Å². The summed E-state index contributed by atoms with van der Waals surface area (Å²) in [7, 11) is 0. The third kappa shape index (κ3) is 8.09. The highest BCUT2D eigenvalue weighted by Crippen LogP contribution is 2.28. The van der Waals surface area contributed by atoms with Gasteiger partial charge in [-0.25, -0.2) is 0 Å². The van der Waals surface area contributed by atoms with Crippen molar-refractivity contribution in [3.8, 4) is 0 Å². The van der Waals surface area contributed by atoms with Gasteiger partial charge in [-0.2, -0.15) is 0 Å². The van der Waals surface area contributed by atoms with E-state index >= 15 is 0 Å². The Labute approximate surface area is 127 Å². The maximum Gasteiger partial charge on any atom is 0.0135 e. The Kier molecular flexibility index (Phi) is 10.1. The third-order valence-corrected chi connectivity index (χ3v) is 5.07. The second-order valence-electron chi connectivity index (χ2n) is 6.89. The van der Waals surface area contributed by atoms with E-state index < -0.39 is 0 Å². The fourth-order valence-electron chi connectivity index (χ4n) is 3.26. The van der Waals surface area contributed by atoms with E-state index in [9.17, 15) is 0 Å². The van der Waals surface area contributed by atoms with E-state index in [1.807, 2.05) is 0 Å². The standard InChI is InChI=1S/C19H37N/c1-4-17(3)11-9-10-14-20-16-19-13-8-6-7-12-18(5-2)15-19/h9-10,17-20H,4-8,11-16H2,1-3H3/b10-9+. The molecule has 0 aliphatic heterocycles. The first kappa shape index (κ1) is 17.8. The molecule has 1 fully saturated rings. The number of hydrogen-bond donors (Lipinski definition) is 1. The highest BCUT2D eigenvalue weighted by atomic mass is 14.8. The summed E-state index contributed by atoms with van der Waals surface area (Å²) in [5.74, 6) is 2.74. The summed E-state index contributed by atoms with van der Waals surface area (Å²) in [6.07, 6.45) is 17.3. The first-order chi connectivity index (χ1) is 9.76. The molecule has 1 N–H and O–H groups in total. The Morgan fingerprint density at radius 3 is 2.50 bits per heavy atom. The van der Waals surface area contributed by atoms with E-state index in [1.165, 1.54) is 64.3 Å². The van der Waals surface area contributed by atoms with Gasteiger partial charge in [-0.1, -0.05) is 71.4 Å². The van der Waals surface area contributed by atoms with Crippen molar-refractivity contribution in [2.45, 2.75) is 78.6 Å². The molecule has 118 valence electrons. The lowest BCUT2D eigenvalue weighted by Crippen LogP contribution is -2.25. The number of nitrogens with one attached hydrogen (secondary N) is 1. The van der Waals surface area contributed by atoms with E-state index in [0.717, 1.165) is 24.3 Å². The molecular formula is C19H37N. The van der Waals surface area contributed by atoms with Gasteiger partial charge in [0.1, 0.15) is 0 Å². The minimum absolute atomic E-state index is 0.835. The summed E-state index contributed by atoms with van der Waals surface area (Å²) in [5.41, 5.74) is 0. The molecule has 1 aliphatic rings. The molecule has 0 aromatic rings. The molecule has 0 saturated heterocycles. The fraction of sp³-hybridized carbons (Fsp3) is 0.895. The third-order valence-electron chi connectivity index (χ3n) is 5.07. The van der Waals surface area contributed by atoms with Crippen LogP contribution in [0.1, 0.15) is 78.6 Å². The Balaban J connectivity index is 2.15. The number of hydrogen-bond acceptors (Lipinski definition) is 1. The van der Waals surface area contributed by atoms with Crippen molar-refractivity contribution in [3.05, 3.63) is 12.2 Å². The molecule has 0 aromatic heterocycles. The average molecular weight is 280 g/mol. The monoisotopic (exact) mass is 279 g/mol. The zero-order valence-corrected chi connectivity index (χ0v) is 14.2. The Hall–Kier alpha value is -0.300. The lowest BCUT2D eigenvalue weighted by Gasteiger charge is -2.25. The van der Waals surface area contributed by atoms with Gasteiger partial charge in [0, 0.05) is 6.54 Å². The predicted octanol–water partition coefficient (Wildman–Crippen LogP) is 5.57. The van der Waals surface area contributed by atoms with E-state index in [4.69, 9.17) is 0 Å². The van der Waals surface area contributed by atoms with Crippen molar-refractivity contribution in [2.75, 3.05) is 13.1 Å². The van der Waals surface area contributed by atoms with E-state index in [2.05, 4.69) is 38.2 Å². The van der Waals surface area contributed by atoms with Crippen molar-refractivity contribution in [1.29, 1.82) is 0 Å². The van der Waals surface area contributed by atoms with E-state index in [-0.39, 0.29) is 0 Å². The molecule has 0 amide bonds. The summed E-state index contributed by atoms with van der Waals surface area (Å²) < 4.78 is 0. The molecule has 20 heavy (non-hydrogen) atoms. The maximum absolute atomic E-state index is 3.65. The highest BCUT2D eigenvalue weighted by Gasteiger charge is 2.17. The SMILES string of the molecule is CCC(C)C/C=C/CNCC1CCCCCC(CC)C1. The summed E-state index contributed by atoms with van der Waals surface area (Å²) in [4.78, 5) is 0. The number of rotatable bonds is 8. The molecule has 1 saturated carbocycles. The molecule has 1 aliphatic carbocycles. The Morgan fingerprint density at radius 1 is 1.05 bits per heavy atom. The first-order valence-electron chi connectivity index (χ1n) is 9.11. The second-order valence-corrected chi connectivity index (χ2v) is 6.89. The number of allylic oxidation sites excluding steroid dienone is 1. The minimum Gasteiger partial charge on any atom is -0.313 e. The van der Waals surface area contributed by atoms with E-state index in [0.29, 0.717) is 0 Å². The summed E-state index contributed by atoms with van der Waals surface area (Å²) in [5, 5.41) is 3.65. The van der Waals surface area contributed by atoms with Crippen LogP contribution >= 0.6 is 0 Å². The van der Waals surface area contributed by atoms with Gasteiger partial charge in [-0.05, 0) is 43.6 Å². The maximum atomic E-state index is 3.65. The van der Waals surface area contributed by atoms with Crippen molar-refractivity contribution in [1.82, 2.24) is 5.32 Å². The van der Waals surface area contributed by atoms with Gasteiger partial charge in [0.2, 0.25) is 0 Å². The molecular weight excluding hydrogens is 242 g/mol. The van der Waals surface area contributed by atoms with Gasteiger partial charge in [-0.3, -0.25) is 0 Å². The quantitative estimate of drug-likeness (QED) is 0.453. The summed E-state index contributed by atoms with van der Waals surface area (Å²) in [6, 6.07) is 0. The van der Waals surface area contributed by atoms with Gasteiger partial charge < -0.3 is 5.32 Å². The van der Waals surface area contributed by atoms with Crippen molar-refractivity contribution in [3.63, 3.8) is 0 Å². The van der Waals surface area contributed by atoms with Crippen LogP contribution in [-0.2, 0) is 0 Å². The van der Waals surface area contributed by atoms with Gasteiger partial charge in [0.05, 0.1) is 0 Å². The van der Waals surface area contributed by atoms with Gasteiger partial charge in [0.15, 0.2) is 0 Å². The molecule has 0 aromatic carbocycles. The van der Waals surface area contributed by atoms with Crippen molar-refractivity contribution >= 4 is 0 Å². The molecule has 0 radical (unpaired) electrons. The lowest BCUT2D eigenvalue weighted by molar-refractivity contribution is 0.284. The Bertz CT molecular complexity index is 246. The van der Waals surface area contributed by atoms with Crippen LogP contribution in [0.4, 0.5) is 0 Å². The largest absolute Gasteiger partial charge is 0.313 e.